The van der Waals surface area contributed by atoms with Gasteiger partial charge in [-0.2, -0.15) is 0 Å². The Morgan fingerprint density at radius 2 is 0.750 bits per heavy atom. The molecule has 0 heterocycles. The third kappa shape index (κ3) is 33.5. The Kier molecular flexibility index (Phi) is 37.2. The van der Waals surface area contributed by atoms with Gasteiger partial charge in [0.05, 0.1) is 155 Å². The molecule has 0 amide bonds. The van der Waals surface area contributed by atoms with Crippen molar-refractivity contribution in [1.29, 1.82) is 0 Å². The highest BCUT2D eigenvalue weighted by atomic mass is 16.6. The van der Waals surface area contributed by atoms with Crippen LogP contribution in [0.15, 0.2) is 18.2 Å². The van der Waals surface area contributed by atoms with Crippen LogP contribution in [0.2, 0.25) is 0 Å². The van der Waals surface area contributed by atoms with Crippen LogP contribution in [-0.2, 0) is 52.1 Å². The van der Waals surface area contributed by atoms with Crippen molar-refractivity contribution in [2.45, 2.75) is 58.3 Å². The van der Waals surface area contributed by atoms with Crippen LogP contribution >= 0.6 is 0 Å². The summed E-state index contributed by atoms with van der Waals surface area (Å²) in [6.45, 7) is 13.3. The van der Waals surface area contributed by atoms with Gasteiger partial charge in [0.1, 0.15) is 5.69 Å². The second kappa shape index (κ2) is 40.6. The SMILES string of the molecule is CCCCCCCCCCOCCOCCOCCOCCOCCOCCOCCOCCOCCOCCOCCNc1ccc([N+](=O)[O-])cc1[N+](=O)[O-]. The Morgan fingerprint density at radius 1 is 0.429 bits per heavy atom. The van der Waals surface area contributed by atoms with Crippen molar-refractivity contribution in [2.75, 3.05) is 157 Å². The molecule has 0 saturated carbocycles. The van der Waals surface area contributed by atoms with E-state index in [0.717, 1.165) is 19.1 Å². The molecule has 0 bridgehead atoms. The molecule has 0 aromatic heterocycles. The van der Waals surface area contributed by atoms with Gasteiger partial charge in [0, 0.05) is 19.2 Å². The lowest BCUT2D eigenvalue weighted by Crippen LogP contribution is -2.16. The predicted molar refractivity (Wildman–Crippen MR) is 210 cm³/mol. The van der Waals surface area contributed by atoms with Crippen LogP contribution in [0.4, 0.5) is 17.1 Å². The molecule has 0 aliphatic carbocycles. The Bertz CT molecular complexity index is 1040. The summed E-state index contributed by atoms with van der Waals surface area (Å²) in [7, 11) is 0. The largest absolute Gasteiger partial charge is 0.379 e. The summed E-state index contributed by atoms with van der Waals surface area (Å²) in [6, 6.07) is 3.43. The first kappa shape index (κ1) is 51.4. The zero-order chi connectivity index (χ0) is 40.4. The molecular weight excluding hydrogens is 738 g/mol. The van der Waals surface area contributed by atoms with E-state index in [4.69, 9.17) is 52.1 Å². The Labute approximate surface area is 332 Å². The third-order valence-corrected chi connectivity index (χ3v) is 7.81. The molecular formula is C38H69N3O15. The monoisotopic (exact) mass is 807 g/mol. The van der Waals surface area contributed by atoms with Crippen LogP contribution in [0, 0.1) is 20.2 Å². The van der Waals surface area contributed by atoms with Gasteiger partial charge in [0.15, 0.2) is 0 Å². The number of anilines is 1. The van der Waals surface area contributed by atoms with Crippen LogP contribution in [0.5, 0.6) is 0 Å². The van der Waals surface area contributed by atoms with Crippen LogP contribution in [-0.4, -0.2) is 162 Å². The van der Waals surface area contributed by atoms with E-state index in [2.05, 4.69) is 12.2 Å². The number of hydrogen-bond donors (Lipinski definition) is 1. The van der Waals surface area contributed by atoms with Crippen LogP contribution < -0.4 is 5.32 Å². The van der Waals surface area contributed by atoms with Crippen molar-refractivity contribution >= 4 is 17.1 Å². The maximum absolute atomic E-state index is 11.2. The number of unbranched alkanes of at least 4 members (excludes halogenated alkanes) is 7. The molecule has 326 valence electrons. The molecule has 0 aliphatic rings. The molecule has 18 nitrogen and oxygen atoms in total. The standard InChI is InChI=1S/C38H69N3O15/c1-2-3-4-5-6-7-8-9-13-46-15-17-48-19-21-50-23-25-52-27-29-54-31-33-56-34-32-55-30-28-53-26-24-51-22-20-49-18-16-47-14-12-39-37-11-10-36(40(42)43)35-38(37)41(44)45/h10-11,35,39H,2-9,12-34H2,1H3. The number of nitro benzene ring substituents is 2. The molecule has 1 N–H and O–H groups in total. The smallest absolute Gasteiger partial charge is 0.299 e. The first-order chi connectivity index (χ1) is 27.6. The number of nitrogens with one attached hydrogen (secondary N) is 1. The summed E-state index contributed by atoms with van der Waals surface area (Å²) in [6.07, 6.45) is 10.4. The quantitative estimate of drug-likeness (QED) is 0.0509. The molecule has 0 unspecified atom stereocenters. The second-order valence-electron chi connectivity index (χ2n) is 12.4. The van der Waals surface area contributed by atoms with E-state index in [0.29, 0.717) is 139 Å². The fourth-order valence-electron chi connectivity index (χ4n) is 4.83. The fraction of sp³-hybridized carbons (Fsp3) is 0.842. The van der Waals surface area contributed by atoms with E-state index in [9.17, 15) is 20.2 Å². The zero-order valence-electron chi connectivity index (χ0n) is 33.7. The van der Waals surface area contributed by atoms with Crippen molar-refractivity contribution in [3.05, 3.63) is 38.4 Å². The zero-order valence-corrected chi connectivity index (χ0v) is 33.7. The van der Waals surface area contributed by atoms with Gasteiger partial charge in [-0.3, -0.25) is 20.2 Å². The topological polar surface area (TPSA) is 200 Å². The number of non-ortho nitro benzene ring substituents is 1. The Balaban J connectivity index is 1.68. The molecule has 0 aliphatic heterocycles. The number of benzene rings is 1. The number of nitro groups is 2. The molecule has 0 atom stereocenters. The molecule has 0 fully saturated rings. The van der Waals surface area contributed by atoms with Crippen molar-refractivity contribution in [2.24, 2.45) is 0 Å². The average molecular weight is 808 g/mol. The van der Waals surface area contributed by atoms with Crippen molar-refractivity contribution in [1.82, 2.24) is 0 Å². The van der Waals surface area contributed by atoms with Gasteiger partial charge >= 0.3 is 0 Å². The predicted octanol–water partition coefficient (Wildman–Crippen LogP) is 5.24. The van der Waals surface area contributed by atoms with Crippen LogP contribution in [0.3, 0.4) is 0 Å². The number of hydrogen-bond acceptors (Lipinski definition) is 16. The van der Waals surface area contributed by atoms with E-state index < -0.39 is 9.85 Å². The van der Waals surface area contributed by atoms with Gasteiger partial charge in [-0.15, -0.1) is 0 Å². The van der Waals surface area contributed by atoms with E-state index in [1.807, 2.05) is 0 Å². The molecule has 0 spiro atoms. The first-order valence-electron chi connectivity index (χ1n) is 20.1. The van der Waals surface area contributed by atoms with Crippen molar-refractivity contribution in [3.8, 4) is 0 Å². The highest BCUT2D eigenvalue weighted by Crippen LogP contribution is 2.28. The lowest BCUT2D eigenvalue weighted by atomic mass is 10.1. The van der Waals surface area contributed by atoms with Crippen molar-refractivity contribution < 1.29 is 62.0 Å². The van der Waals surface area contributed by atoms with Gasteiger partial charge < -0.3 is 57.4 Å². The van der Waals surface area contributed by atoms with Gasteiger partial charge in [-0.25, -0.2) is 0 Å². The summed E-state index contributed by atoms with van der Waals surface area (Å²) in [5.74, 6) is 0. The first-order valence-corrected chi connectivity index (χ1v) is 20.1. The number of rotatable bonds is 45. The van der Waals surface area contributed by atoms with E-state index in [-0.39, 0.29) is 23.7 Å². The lowest BCUT2D eigenvalue weighted by molar-refractivity contribution is -0.393. The van der Waals surface area contributed by atoms with Crippen molar-refractivity contribution in [3.63, 3.8) is 0 Å². The van der Waals surface area contributed by atoms with E-state index in [1.54, 1.807) is 0 Å². The van der Waals surface area contributed by atoms with Gasteiger partial charge in [0.2, 0.25) is 0 Å². The minimum absolute atomic E-state index is 0.187. The maximum atomic E-state index is 11.2. The summed E-state index contributed by atoms with van der Waals surface area (Å²) in [5, 5.41) is 24.8. The highest BCUT2D eigenvalue weighted by Gasteiger charge is 2.19. The summed E-state index contributed by atoms with van der Waals surface area (Å²) >= 11 is 0. The van der Waals surface area contributed by atoms with Crippen LogP contribution in [0.1, 0.15) is 58.3 Å². The minimum atomic E-state index is -0.679. The molecule has 56 heavy (non-hydrogen) atoms. The normalized spacial score (nSPS) is 11.4. The maximum Gasteiger partial charge on any atom is 0.299 e. The number of ether oxygens (including phenoxy) is 11. The highest BCUT2D eigenvalue weighted by molar-refractivity contribution is 5.65. The molecule has 0 radical (unpaired) electrons. The Hall–Kier alpha value is -2.62. The average Bonchev–Trinajstić information content (AvgIpc) is 3.19. The number of nitrogens with zero attached hydrogens (tertiary/aromatic N) is 2. The minimum Gasteiger partial charge on any atom is -0.379 e. The van der Waals surface area contributed by atoms with Gasteiger partial charge in [-0.05, 0) is 12.5 Å². The molecule has 1 rings (SSSR count). The van der Waals surface area contributed by atoms with E-state index in [1.165, 1.54) is 57.1 Å². The third-order valence-electron chi connectivity index (χ3n) is 7.81. The van der Waals surface area contributed by atoms with Gasteiger partial charge in [-0.1, -0.05) is 51.9 Å². The lowest BCUT2D eigenvalue weighted by Gasteiger charge is -2.09. The molecule has 0 saturated heterocycles. The van der Waals surface area contributed by atoms with Crippen LogP contribution in [0.25, 0.3) is 0 Å². The summed E-state index contributed by atoms with van der Waals surface area (Å²) in [5.41, 5.74) is -0.522. The molecule has 1 aromatic rings. The second-order valence-corrected chi connectivity index (χ2v) is 12.4. The van der Waals surface area contributed by atoms with Gasteiger partial charge in [0.25, 0.3) is 11.4 Å². The summed E-state index contributed by atoms with van der Waals surface area (Å²) in [4.78, 5) is 20.6. The molecule has 18 heteroatoms. The Morgan fingerprint density at radius 3 is 1.09 bits per heavy atom. The van der Waals surface area contributed by atoms with E-state index >= 15 is 0 Å². The molecule has 1 aromatic carbocycles. The fourth-order valence-corrected chi connectivity index (χ4v) is 4.83. The summed E-state index contributed by atoms with van der Waals surface area (Å²) < 4.78 is 60.4.